The van der Waals surface area contributed by atoms with Crippen molar-refractivity contribution in [3.05, 3.63) is 36.3 Å². The Morgan fingerprint density at radius 1 is 1.04 bits per heavy atom. The molecule has 0 radical (unpaired) electrons. The molecule has 1 amide bonds. The van der Waals surface area contributed by atoms with Crippen LogP contribution in [-0.4, -0.2) is 20.7 Å². The summed E-state index contributed by atoms with van der Waals surface area (Å²) >= 11 is 0. The van der Waals surface area contributed by atoms with E-state index in [4.69, 9.17) is 5.10 Å². The van der Waals surface area contributed by atoms with Crippen LogP contribution in [-0.2, 0) is 11.3 Å². The molecule has 2 aromatic rings. The van der Waals surface area contributed by atoms with Gasteiger partial charge >= 0.3 is 0 Å². The summed E-state index contributed by atoms with van der Waals surface area (Å²) in [7, 11) is 0. The maximum atomic E-state index is 12.3. The quantitative estimate of drug-likeness (QED) is 0.810. The molecule has 0 bridgehead atoms. The minimum Gasteiger partial charge on any atom is -0.350 e. The van der Waals surface area contributed by atoms with Gasteiger partial charge in [-0.15, -0.1) is 0 Å². The molecule has 27 heavy (non-hydrogen) atoms. The van der Waals surface area contributed by atoms with Gasteiger partial charge in [0, 0.05) is 24.4 Å². The highest BCUT2D eigenvalue weighted by atomic mass is 16.1. The lowest BCUT2D eigenvalue weighted by molar-refractivity contribution is -0.122. The number of hydrogen-bond donors (Lipinski definition) is 1. The van der Waals surface area contributed by atoms with Crippen LogP contribution in [0.4, 0.5) is 0 Å². The van der Waals surface area contributed by atoms with Crippen LogP contribution >= 0.6 is 0 Å². The number of rotatable bonds is 6. The van der Waals surface area contributed by atoms with Crippen LogP contribution in [0.15, 0.2) is 30.6 Å². The van der Waals surface area contributed by atoms with E-state index in [0.717, 1.165) is 17.0 Å². The molecule has 1 N–H and O–H groups in total. The molecule has 2 aliphatic carbocycles. The summed E-state index contributed by atoms with van der Waals surface area (Å²) in [5.41, 5.74) is 3.23. The molecular formula is C22H30N4O. The highest BCUT2D eigenvalue weighted by molar-refractivity contribution is 5.76. The fourth-order valence-corrected chi connectivity index (χ4v) is 4.61. The van der Waals surface area contributed by atoms with E-state index in [1.54, 1.807) is 0 Å². The Bertz CT molecular complexity index is 743. The number of nitrogens with zero attached hydrogens (tertiary/aromatic N) is 3. The van der Waals surface area contributed by atoms with Crippen molar-refractivity contribution >= 4 is 5.91 Å². The minimum absolute atomic E-state index is 0.169. The fourth-order valence-electron chi connectivity index (χ4n) is 4.61. The topological polar surface area (TPSA) is 59.8 Å². The Balaban J connectivity index is 1.44. The van der Waals surface area contributed by atoms with E-state index in [9.17, 15) is 4.79 Å². The molecule has 2 aromatic heterocycles. The number of hydrogen-bond acceptors (Lipinski definition) is 3. The van der Waals surface area contributed by atoms with Gasteiger partial charge in [0.1, 0.15) is 0 Å². The molecule has 0 aliphatic heterocycles. The van der Waals surface area contributed by atoms with E-state index in [1.807, 2.05) is 24.5 Å². The molecule has 0 unspecified atom stereocenters. The second-order valence-electron chi connectivity index (χ2n) is 8.12. The number of aromatic nitrogens is 3. The number of carbonyl (C=O) groups excluding carboxylic acids is 1. The van der Waals surface area contributed by atoms with Crippen molar-refractivity contribution in [1.82, 2.24) is 20.1 Å². The zero-order chi connectivity index (χ0) is 18.5. The standard InChI is InChI=1S/C22H30N4O/c27-22(14-17-6-2-1-3-7-17)24-16-19-15-21(18-10-12-23-13-11-18)26(25-19)20-8-4-5-9-20/h10-13,15,17,20H,1-9,14,16H2,(H,24,27). The van der Waals surface area contributed by atoms with E-state index < -0.39 is 0 Å². The Hall–Kier alpha value is -2.17. The zero-order valence-corrected chi connectivity index (χ0v) is 16.1. The van der Waals surface area contributed by atoms with Gasteiger partial charge in [0.05, 0.1) is 24.0 Å². The Kier molecular flexibility index (Phi) is 5.85. The summed E-state index contributed by atoms with van der Waals surface area (Å²) in [6.45, 7) is 0.517. The molecular weight excluding hydrogens is 336 g/mol. The lowest BCUT2D eigenvalue weighted by Crippen LogP contribution is -2.26. The van der Waals surface area contributed by atoms with Crippen molar-refractivity contribution in [2.24, 2.45) is 5.92 Å². The number of pyridine rings is 1. The average molecular weight is 367 g/mol. The predicted octanol–water partition coefficient (Wildman–Crippen LogP) is 4.65. The summed E-state index contributed by atoms with van der Waals surface area (Å²) in [5.74, 6) is 0.741. The van der Waals surface area contributed by atoms with Crippen molar-refractivity contribution < 1.29 is 4.79 Å². The van der Waals surface area contributed by atoms with Crippen molar-refractivity contribution in [2.75, 3.05) is 0 Å². The van der Waals surface area contributed by atoms with Crippen LogP contribution < -0.4 is 5.32 Å². The highest BCUT2D eigenvalue weighted by Gasteiger charge is 2.22. The molecule has 0 saturated heterocycles. The smallest absolute Gasteiger partial charge is 0.220 e. The first-order chi connectivity index (χ1) is 13.3. The maximum absolute atomic E-state index is 12.3. The van der Waals surface area contributed by atoms with Crippen molar-refractivity contribution in [3.63, 3.8) is 0 Å². The molecule has 2 fully saturated rings. The van der Waals surface area contributed by atoms with E-state index in [0.29, 0.717) is 24.9 Å². The van der Waals surface area contributed by atoms with Crippen LogP contribution in [0.5, 0.6) is 0 Å². The molecule has 5 heteroatoms. The average Bonchev–Trinajstić information content (AvgIpc) is 3.37. The van der Waals surface area contributed by atoms with Crippen molar-refractivity contribution in [2.45, 2.75) is 76.8 Å². The maximum Gasteiger partial charge on any atom is 0.220 e. The van der Waals surface area contributed by atoms with Gasteiger partial charge in [-0.1, -0.05) is 32.1 Å². The number of amides is 1. The number of nitrogens with one attached hydrogen (secondary N) is 1. The van der Waals surface area contributed by atoms with Gasteiger partial charge < -0.3 is 5.32 Å². The summed E-state index contributed by atoms with van der Waals surface area (Å²) in [4.78, 5) is 16.5. The SMILES string of the molecule is O=C(CC1CCCCC1)NCc1cc(-c2ccncc2)n(C2CCCC2)n1. The van der Waals surface area contributed by atoms with E-state index >= 15 is 0 Å². The molecule has 0 atom stereocenters. The summed E-state index contributed by atoms with van der Waals surface area (Å²) < 4.78 is 2.19. The van der Waals surface area contributed by atoms with Crippen LogP contribution in [0.2, 0.25) is 0 Å². The molecule has 2 aliphatic rings. The van der Waals surface area contributed by atoms with Crippen LogP contribution in [0.3, 0.4) is 0 Å². The Morgan fingerprint density at radius 3 is 2.48 bits per heavy atom. The minimum atomic E-state index is 0.169. The lowest BCUT2D eigenvalue weighted by Gasteiger charge is -2.20. The molecule has 2 saturated carbocycles. The molecule has 0 aromatic carbocycles. The third-order valence-corrected chi connectivity index (χ3v) is 6.10. The van der Waals surface area contributed by atoms with Gasteiger partial charge in [0.2, 0.25) is 5.91 Å². The van der Waals surface area contributed by atoms with Crippen LogP contribution in [0.1, 0.15) is 75.9 Å². The fraction of sp³-hybridized carbons (Fsp3) is 0.591. The van der Waals surface area contributed by atoms with E-state index in [2.05, 4.69) is 21.0 Å². The predicted molar refractivity (Wildman–Crippen MR) is 106 cm³/mol. The summed E-state index contributed by atoms with van der Waals surface area (Å²) in [5, 5.41) is 7.97. The molecule has 5 nitrogen and oxygen atoms in total. The first-order valence-electron chi connectivity index (χ1n) is 10.5. The van der Waals surface area contributed by atoms with Gasteiger partial charge in [0.25, 0.3) is 0 Å². The monoisotopic (exact) mass is 366 g/mol. The Labute approximate surface area is 161 Å². The highest BCUT2D eigenvalue weighted by Crippen LogP contribution is 2.33. The first kappa shape index (κ1) is 18.2. The normalized spacial score (nSPS) is 18.7. The molecule has 4 rings (SSSR count). The molecule has 144 valence electrons. The third-order valence-electron chi connectivity index (χ3n) is 6.10. The second kappa shape index (κ2) is 8.68. The largest absolute Gasteiger partial charge is 0.350 e. The Morgan fingerprint density at radius 2 is 1.74 bits per heavy atom. The second-order valence-corrected chi connectivity index (χ2v) is 8.12. The molecule has 0 spiro atoms. The summed E-state index contributed by atoms with van der Waals surface area (Å²) in [6.07, 6.45) is 15.5. The summed E-state index contributed by atoms with van der Waals surface area (Å²) in [6, 6.07) is 6.68. The van der Waals surface area contributed by atoms with E-state index in [1.165, 1.54) is 57.8 Å². The third kappa shape index (κ3) is 4.57. The van der Waals surface area contributed by atoms with Crippen LogP contribution in [0.25, 0.3) is 11.3 Å². The number of carbonyl (C=O) groups is 1. The van der Waals surface area contributed by atoms with Gasteiger partial charge in [-0.05, 0) is 49.8 Å². The zero-order valence-electron chi connectivity index (χ0n) is 16.1. The lowest BCUT2D eigenvalue weighted by atomic mass is 9.87. The van der Waals surface area contributed by atoms with Gasteiger partial charge in [-0.3, -0.25) is 14.5 Å². The van der Waals surface area contributed by atoms with Crippen LogP contribution in [0, 0.1) is 5.92 Å². The van der Waals surface area contributed by atoms with E-state index in [-0.39, 0.29) is 5.91 Å². The first-order valence-corrected chi connectivity index (χ1v) is 10.5. The van der Waals surface area contributed by atoms with Gasteiger partial charge in [-0.25, -0.2) is 0 Å². The van der Waals surface area contributed by atoms with Crippen molar-refractivity contribution in [1.29, 1.82) is 0 Å². The van der Waals surface area contributed by atoms with Gasteiger partial charge in [0.15, 0.2) is 0 Å². The van der Waals surface area contributed by atoms with Crippen molar-refractivity contribution in [3.8, 4) is 11.3 Å². The molecule has 2 heterocycles. The van der Waals surface area contributed by atoms with Gasteiger partial charge in [-0.2, -0.15) is 5.10 Å².